The maximum atomic E-state index is 12.6. The van der Waals surface area contributed by atoms with E-state index in [0.717, 1.165) is 34.0 Å². The predicted molar refractivity (Wildman–Crippen MR) is 102 cm³/mol. The van der Waals surface area contributed by atoms with Gasteiger partial charge in [0.1, 0.15) is 6.54 Å². The average Bonchev–Trinajstić information content (AvgIpc) is 2.82. The summed E-state index contributed by atoms with van der Waals surface area (Å²) in [5.41, 5.74) is 0.159. The minimum atomic E-state index is -0.890. The Kier molecular flexibility index (Phi) is 4.96. The molecule has 4 aliphatic carbocycles. The lowest BCUT2D eigenvalue weighted by atomic mass is 9.48. The number of nitrogens with one attached hydrogen (secondary N) is 1. The van der Waals surface area contributed by atoms with Gasteiger partial charge in [-0.1, -0.05) is 13.3 Å². The Hall–Kier alpha value is -1.92. The third kappa shape index (κ3) is 3.22. The molecule has 1 aliphatic heterocycles. The minimum Gasteiger partial charge on any atom is -0.352 e. The van der Waals surface area contributed by atoms with Gasteiger partial charge in [-0.05, 0) is 75.0 Å². The molecular formula is C21H31N3O4. The Morgan fingerprint density at radius 3 is 2.11 bits per heavy atom. The molecule has 0 aromatic heterocycles. The predicted octanol–water partition coefficient (Wildman–Crippen LogP) is 2.30. The van der Waals surface area contributed by atoms with Crippen molar-refractivity contribution < 1.29 is 19.2 Å². The summed E-state index contributed by atoms with van der Waals surface area (Å²) >= 11 is 0. The number of hydrogen-bond donors (Lipinski definition) is 1. The van der Waals surface area contributed by atoms with Crippen molar-refractivity contribution in [1.29, 1.82) is 0 Å². The molecule has 0 unspecified atom stereocenters. The Bertz CT molecular complexity index is 668. The topological polar surface area (TPSA) is 86.8 Å². The molecule has 0 aromatic rings. The quantitative estimate of drug-likeness (QED) is 0.535. The summed E-state index contributed by atoms with van der Waals surface area (Å²) in [6, 6.07) is -0.644. The van der Waals surface area contributed by atoms with E-state index in [1.165, 1.54) is 38.5 Å². The summed E-state index contributed by atoms with van der Waals surface area (Å²) in [6.45, 7) is 3.87. The first-order chi connectivity index (χ1) is 13.3. The van der Waals surface area contributed by atoms with Gasteiger partial charge in [0, 0.05) is 12.6 Å². The highest BCUT2D eigenvalue weighted by molar-refractivity contribution is 6.45. The maximum Gasteiger partial charge on any atom is 0.334 e. The monoisotopic (exact) mass is 389 g/mol. The molecule has 1 heterocycles. The molecule has 154 valence electrons. The highest BCUT2D eigenvalue weighted by atomic mass is 16.2. The fraction of sp³-hybridized carbons (Fsp3) is 0.810. The van der Waals surface area contributed by atoms with Crippen LogP contribution in [0.1, 0.15) is 65.2 Å². The van der Waals surface area contributed by atoms with Gasteiger partial charge in [-0.25, -0.2) is 9.69 Å². The highest BCUT2D eigenvalue weighted by Gasteiger charge is 2.53. The van der Waals surface area contributed by atoms with Gasteiger partial charge in [0.2, 0.25) is 5.91 Å². The van der Waals surface area contributed by atoms with E-state index in [4.69, 9.17) is 0 Å². The molecule has 1 N–H and O–H groups in total. The number of rotatable bonds is 7. The first kappa shape index (κ1) is 19.4. The molecule has 5 fully saturated rings. The fourth-order valence-electron chi connectivity index (χ4n) is 6.49. The van der Waals surface area contributed by atoms with Crippen molar-refractivity contribution in [3.05, 3.63) is 0 Å². The molecule has 5 rings (SSSR count). The first-order valence-electron chi connectivity index (χ1n) is 10.8. The highest BCUT2D eigenvalue weighted by Crippen LogP contribution is 2.61. The normalized spacial score (nSPS) is 35.1. The lowest BCUT2D eigenvalue weighted by molar-refractivity contribution is -0.144. The second-order valence-electron chi connectivity index (χ2n) is 9.55. The van der Waals surface area contributed by atoms with Crippen LogP contribution in [0.25, 0.3) is 0 Å². The molecule has 1 atom stereocenters. The number of hydrogen-bond acceptors (Lipinski definition) is 4. The van der Waals surface area contributed by atoms with Gasteiger partial charge in [-0.2, -0.15) is 0 Å². The van der Waals surface area contributed by atoms with Crippen LogP contribution >= 0.6 is 0 Å². The molecule has 7 heteroatoms. The van der Waals surface area contributed by atoms with Gasteiger partial charge in [-0.3, -0.25) is 19.3 Å². The number of imide groups is 2. The van der Waals surface area contributed by atoms with Crippen molar-refractivity contribution in [2.45, 2.75) is 71.3 Å². The molecule has 7 nitrogen and oxygen atoms in total. The molecule has 5 aliphatic rings. The molecule has 0 spiro atoms. The van der Waals surface area contributed by atoms with Crippen molar-refractivity contribution >= 4 is 23.8 Å². The van der Waals surface area contributed by atoms with Crippen LogP contribution in [0.3, 0.4) is 0 Å². The first-order valence-corrected chi connectivity index (χ1v) is 10.8. The fourth-order valence-corrected chi connectivity index (χ4v) is 6.49. The van der Waals surface area contributed by atoms with Crippen LogP contribution in [-0.4, -0.2) is 52.7 Å². The standard InChI is InChI=1S/C21H31N3O4/c1-3-4-5-23-18(26)19(27)24(20(23)28)12-17(25)22-13(2)21-9-14-6-15(10-21)8-16(7-14)11-21/h13-16H,3-12H2,1-2H3,(H,22,25)/t13-,14?,15?,16?,21?/m0/s1. The number of urea groups is 1. The minimum absolute atomic E-state index is 0.0214. The third-order valence-electron chi connectivity index (χ3n) is 7.55. The molecule has 28 heavy (non-hydrogen) atoms. The number of carbonyl (C=O) groups excluding carboxylic acids is 4. The molecule has 0 aromatic carbocycles. The Labute approximate surface area is 166 Å². The van der Waals surface area contributed by atoms with Crippen LogP contribution in [0.2, 0.25) is 0 Å². The Morgan fingerprint density at radius 2 is 1.57 bits per heavy atom. The van der Waals surface area contributed by atoms with Crippen LogP contribution in [0.4, 0.5) is 4.79 Å². The molecule has 5 amide bonds. The van der Waals surface area contributed by atoms with E-state index in [-0.39, 0.29) is 30.5 Å². The van der Waals surface area contributed by atoms with Crippen LogP contribution < -0.4 is 5.32 Å². The summed E-state index contributed by atoms with van der Waals surface area (Å²) in [5, 5.41) is 3.06. The average molecular weight is 389 g/mol. The number of nitrogens with zero attached hydrogens (tertiary/aromatic N) is 2. The second-order valence-corrected chi connectivity index (χ2v) is 9.55. The molecule has 4 saturated carbocycles. The van der Waals surface area contributed by atoms with Crippen molar-refractivity contribution in [2.24, 2.45) is 23.2 Å². The molecule has 1 saturated heterocycles. The zero-order chi connectivity index (χ0) is 20.1. The SMILES string of the molecule is CCCCN1C(=O)C(=O)N(CC(=O)N[C@@H](C)C23CC4CC(CC(C4)C2)C3)C1=O. The Morgan fingerprint density at radius 1 is 1.04 bits per heavy atom. The van der Waals surface area contributed by atoms with Crippen LogP contribution in [-0.2, 0) is 14.4 Å². The lowest BCUT2D eigenvalue weighted by Gasteiger charge is -2.59. The van der Waals surface area contributed by atoms with Gasteiger partial charge in [-0.15, -0.1) is 0 Å². The van der Waals surface area contributed by atoms with Gasteiger partial charge in [0.05, 0.1) is 0 Å². The van der Waals surface area contributed by atoms with E-state index in [1.807, 2.05) is 6.92 Å². The van der Waals surface area contributed by atoms with E-state index in [0.29, 0.717) is 6.42 Å². The molecule has 4 bridgehead atoms. The second kappa shape index (κ2) is 7.16. The molecule has 0 radical (unpaired) electrons. The maximum absolute atomic E-state index is 12.6. The van der Waals surface area contributed by atoms with Crippen LogP contribution in [0.5, 0.6) is 0 Å². The van der Waals surface area contributed by atoms with E-state index >= 15 is 0 Å². The summed E-state index contributed by atoms with van der Waals surface area (Å²) in [5.74, 6) is 0.306. The molecular weight excluding hydrogens is 358 g/mol. The van der Waals surface area contributed by atoms with Crippen molar-refractivity contribution in [3.63, 3.8) is 0 Å². The van der Waals surface area contributed by atoms with Crippen LogP contribution in [0.15, 0.2) is 0 Å². The number of amides is 5. The van der Waals surface area contributed by atoms with Crippen molar-refractivity contribution in [1.82, 2.24) is 15.1 Å². The van der Waals surface area contributed by atoms with E-state index in [1.54, 1.807) is 0 Å². The number of carbonyl (C=O) groups is 4. The van der Waals surface area contributed by atoms with Crippen LogP contribution in [0, 0.1) is 23.2 Å². The van der Waals surface area contributed by atoms with Gasteiger partial charge in [0.15, 0.2) is 0 Å². The van der Waals surface area contributed by atoms with E-state index < -0.39 is 17.8 Å². The number of unbranched alkanes of at least 4 members (excludes halogenated alkanes) is 1. The Balaban J connectivity index is 1.37. The van der Waals surface area contributed by atoms with Gasteiger partial charge >= 0.3 is 17.8 Å². The summed E-state index contributed by atoms with van der Waals surface area (Å²) in [4.78, 5) is 51.0. The van der Waals surface area contributed by atoms with Crippen molar-refractivity contribution in [3.8, 4) is 0 Å². The zero-order valence-electron chi connectivity index (χ0n) is 16.9. The van der Waals surface area contributed by atoms with Gasteiger partial charge < -0.3 is 5.32 Å². The third-order valence-corrected chi connectivity index (χ3v) is 7.55. The van der Waals surface area contributed by atoms with E-state index in [2.05, 4.69) is 12.2 Å². The summed E-state index contributed by atoms with van der Waals surface area (Å²) < 4.78 is 0. The van der Waals surface area contributed by atoms with E-state index in [9.17, 15) is 19.2 Å². The zero-order valence-corrected chi connectivity index (χ0v) is 16.9. The smallest absolute Gasteiger partial charge is 0.334 e. The summed E-state index contributed by atoms with van der Waals surface area (Å²) in [7, 11) is 0. The van der Waals surface area contributed by atoms with Gasteiger partial charge in [0.25, 0.3) is 0 Å². The van der Waals surface area contributed by atoms with Crippen molar-refractivity contribution in [2.75, 3.05) is 13.1 Å². The summed E-state index contributed by atoms with van der Waals surface area (Å²) in [6.07, 6.45) is 9.00. The largest absolute Gasteiger partial charge is 0.352 e. The lowest BCUT2D eigenvalue weighted by Crippen LogP contribution is -2.57.